The summed E-state index contributed by atoms with van der Waals surface area (Å²) < 4.78 is 73.0. The number of rotatable bonds is 15. The number of pyridine rings is 3. The van der Waals surface area contributed by atoms with Crippen molar-refractivity contribution in [3.8, 4) is 33.4 Å². The number of ether oxygens (including phenoxy) is 6. The average molecular weight is 1480 g/mol. The van der Waals surface area contributed by atoms with E-state index in [0.29, 0.717) is 55.3 Å². The second-order valence-corrected chi connectivity index (χ2v) is 30.8. The van der Waals surface area contributed by atoms with Gasteiger partial charge in [-0.05, 0) is 261 Å². The van der Waals surface area contributed by atoms with Gasteiger partial charge in [0.05, 0.1) is 54.7 Å². The van der Waals surface area contributed by atoms with Gasteiger partial charge in [-0.3, -0.25) is 29.3 Å². The number of cyclic esters (lactones) is 3. The van der Waals surface area contributed by atoms with Crippen molar-refractivity contribution in [2.75, 3.05) is 19.8 Å². The molecule has 570 valence electrons. The molecular formula is C87H99F3N6O12. The van der Waals surface area contributed by atoms with Crippen LogP contribution in [-0.4, -0.2) is 107 Å². The van der Waals surface area contributed by atoms with E-state index in [0.717, 1.165) is 128 Å². The van der Waals surface area contributed by atoms with Crippen LogP contribution in [0.2, 0.25) is 0 Å². The van der Waals surface area contributed by atoms with Crippen molar-refractivity contribution in [1.82, 2.24) is 30.9 Å². The molecule has 3 amide bonds. The predicted molar refractivity (Wildman–Crippen MR) is 402 cm³/mol. The monoisotopic (exact) mass is 1480 g/mol. The lowest BCUT2D eigenvalue weighted by Gasteiger charge is -2.47. The Kier molecular flexibility index (Phi) is 24.6. The predicted octanol–water partition coefficient (Wildman–Crippen LogP) is 16.9. The fraction of sp³-hybridized carbons (Fsp3) is 0.483. The first kappa shape index (κ1) is 76.5. The Morgan fingerprint density at radius 3 is 0.944 bits per heavy atom. The SMILES string of the molecule is CCOC(=O)N[C@H]1CC[C@H]2[C@@H](C1)C[C@H]1C(=O)O[C@H](C)[C@H]1[C@H]2/C=C/c1ccc(-c2cccc(F)c2)cn1.CCOC(=O)N[C@H]1CC[C@H]2[C@H](C1)C[C@@H]1C(=O)O[C@@H](C)[C@H]1[C@@H]2/C=C/c1ccc(-c2cccc(F)c2)cn1.CCOC(=O)N[C@H]1CC[C@H]2[C@H](C1)C[C@H]1C(=O)O[C@@H](C)[C@@H]1[C@H]2/C=C/c1ccc(-c2cccc(F)c2)cn1. The average Bonchev–Trinajstić information content (AvgIpc) is 1.54. The lowest BCUT2D eigenvalue weighted by Crippen LogP contribution is -2.48. The molecule has 6 aromatic rings. The van der Waals surface area contributed by atoms with Gasteiger partial charge < -0.3 is 44.4 Å². The van der Waals surface area contributed by atoms with Gasteiger partial charge in [0.15, 0.2) is 0 Å². The van der Waals surface area contributed by atoms with Crippen molar-refractivity contribution in [2.45, 2.75) is 155 Å². The molecule has 3 aromatic carbocycles. The Bertz CT molecular complexity index is 3830. The maximum absolute atomic E-state index is 13.6. The number of amides is 3. The van der Waals surface area contributed by atoms with Crippen LogP contribution in [-0.2, 0) is 42.8 Å². The normalized spacial score (nSPS) is 31.4. The molecule has 3 N–H and O–H groups in total. The van der Waals surface area contributed by atoms with Crippen LogP contribution >= 0.6 is 0 Å². The van der Waals surface area contributed by atoms with Gasteiger partial charge in [-0.15, -0.1) is 0 Å². The van der Waals surface area contributed by atoms with E-state index in [-0.39, 0.29) is 143 Å². The lowest BCUT2D eigenvalue weighted by atomic mass is 9.57. The number of carbonyl (C=O) groups is 6. The Balaban J connectivity index is 0.000000143. The molecule has 15 rings (SSSR count). The zero-order chi connectivity index (χ0) is 75.7. The molecule has 0 bridgehead atoms. The van der Waals surface area contributed by atoms with E-state index in [1.165, 1.54) is 36.4 Å². The van der Waals surface area contributed by atoms with E-state index < -0.39 is 0 Å². The summed E-state index contributed by atoms with van der Waals surface area (Å²) in [5.74, 6) is 1.89. The van der Waals surface area contributed by atoms with Gasteiger partial charge in [-0.25, -0.2) is 27.6 Å². The zero-order valence-electron chi connectivity index (χ0n) is 62.2. The van der Waals surface area contributed by atoms with Gasteiger partial charge >= 0.3 is 36.2 Å². The minimum absolute atomic E-state index is 0.0679. The topological polar surface area (TPSA) is 233 Å². The molecule has 9 aliphatic rings. The fourth-order valence-corrected chi connectivity index (χ4v) is 19.9. The highest BCUT2D eigenvalue weighted by atomic mass is 19.1. The first-order valence-electron chi connectivity index (χ1n) is 38.9. The van der Waals surface area contributed by atoms with Gasteiger partial charge in [0.25, 0.3) is 0 Å². The summed E-state index contributed by atoms with van der Waals surface area (Å²) in [5.41, 5.74) is 7.43. The van der Waals surface area contributed by atoms with Crippen molar-refractivity contribution in [2.24, 2.45) is 88.8 Å². The van der Waals surface area contributed by atoms with Gasteiger partial charge in [0.2, 0.25) is 0 Å². The molecular weight excluding hydrogens is 1380 g/mol. The van der Waals surface area contributed by atoms with Crippen LogP contribution in [0.25, 0.3) is 51.6 Å². The summed E-state index contributed by atoms with van der Waals surface area (Å²) in [6.07, 6.45) is 27.2. The highest BCUT2D eigenvalue weighted by Gasteiger charge is 2.58. The molecule has 18 nitrogen and oxygen atoms in total. The number of fused-ring (bicyclic) bond motifs is 6. The molecule has 6 aliphatic carbocycles. The molecule has 3 aliphatic heterocycles. The molecule has 3 aromatic heterocycles. The molecule has 3 saturated heterocycles. The summed E-state index contributed by atoms with van der Waals surface area (Å²) in [7, 11) is 0. The van der Waals surface area contributed by atoms with Gasteiger partial charge in [-0.1, -0.05) is 72.8 Å². The number of nitrogens with zero attached hydrogens (tertiary/aromatic N) is 3. The molecule has 0 unspecified atom stereocenters. The summed E-state index contributed by atoms with van der Waals surface area (Å²) >= 11 is 0. The van der Waals surface area contributed by atoms with Gasteiger partial charge in [0.1, 0.15) is 35.8 Å². The highest BCUT2D eigenvalue weighted by molar-refractivity contribution is 5.78. The number of hydrogen-bond donors (Lipinski definition) is 3. The maximum Gasteiger partial charge on any atom is 0.407 e. The summed E-state index contributed by atoms with van der Waals surface area (Å²) in [6.45, 7) is 12.5. The van der Waals surface area contributed by atoms with Crippen LogP contribution in [0.1, 0.15) is 136 Å². The second kappa shape index (κ2) is 34.7. The largest absolute Gasteiger partial charge is 0.462 e. The Morgan fingerprint density at radius 1 is 0.407 bits per heavy atom. The quantitative estimate of drug-likeness (QED) is 0.0641. The minimum atomic E-state index is -0.368. The van der Waals surface area contributed by atoms with Gasteiger partial charge in [-0.2, -0.15) is 0 Å². The molecule has 21 atom stereocenters. The number of carbonyl (C=O) groups excluding carboxylic acids is 6. The number of aromatic nitrogens is 3. The molecule has 6 saturated carbocycles. The van der Waals surface area contributed by atoms with Crippen molar-refractivity contribution < 1.29 is 70.4 Å². The fourth-order valence-electron chi connectivity index (χ4n) is 19.9. The Labute approximate surface area is 630 Å². The van der Waals surface area contributed by atoms with E-state index in [2.05, 4.69) is 49.1 Å². The first-order chi connectivity index (χ1) is 52.3. The molecule has 0 spiro atoms. The van der Waals surface area contributed by atoms with E-state index >= 15 is 0 Å². The third-order valence-electron chi connectivity index (χ3n) is 24.5. The van der Waals surface area contributed by atoms with Crippen molar-refractivity contribution >= 4 is 54.4 Å². The van der Waals surface area contributed by atoms with Crippen molar-refractivity contribution in [3.63, 3.8) is 0 Å². The number of hydrogen-bond acceptors (Lipinski definition) is 15. The number of alkyl carbamates (subject to hydrolysis) is 3. The standard InChI is InChI=1S/3C29H33FN2O4/c3*1-3-35-29(34)32-23-10-11-24-20(14-23)15-26-27(17(2)36-28(26)33)25(24)12-9-22-8-7-19(16-31-22)18-5-4-6-21(30)13-18/h3*4-9,12-13,16-17,20,23-27H,3,10-11,14-15H2,1-2H3,(H,32,34)/b3*12-9+/t17-,20+,23+,24+,25+,26-,27+;17-,20+,23-,24-,25+,26-,27-;17-,20+,23-,24-,25-,26+,27+/m100/s1. The third kappa shape index (κ3) is 17.9. The molecule has 21 heteroatoms. The number of allylic oxidation sites excluding steroid dienone is 3. The molecule has 108 heavy (non-hydrogen) atoms. The first-order valence-corrected chi connectivity index (χ1v) is 38.9. The summed E-state index contributed by atoms with van der Waals surface area (Å²) in [6, 6.07) is 31.3. The number of benzene rings is 3. The molecule has 9 fully saturated rings. The lowest BCUT2D eigenvalue weighted by molar-refractivity contribution is -0.145. The third-order valence-corrected chi connectivity index (χ3v) is 24.5. The Hall–Kier alpha value is -9.66. The number of halogens is 3. The van der Waals surface area contributed by atoms with Crippen LogP contribution in [0.15, 0.2) is 146 Å². The van der Waals surface area contributed by atoms with Crippen molar-refractivity contribution in [3.05, 3.63) is 181 Å². The van der Waals surface area contributed by atoms with Crippen molar-refractivity contribution in [1.29, 1.82) is 0 Å². The van der Waals surface area contributed by atoms with Crippen LogP contribution in [0.3, 0.4) is 0 Å². The maximum atomic E-state index is 13.6. The van der Waals surface area contributed by atoms with E-state index in [9.17, 15) is 41.9 Å². The number of esters is 3. The minimum Gasteiger partial charge on any atom is -0.462 e. The van der Waals surface area contributed by atoms with Crippen LogP contribution in [0, 0.1) is 106 Å². The molecule has 0 radical (unpaired) electrons. The van der Waals surface area contributed by atoms with Gasteiger partial charge in [0, 0.05) is 71.2 Å². The number of nitrogens with one attached hydrogen (secondary N) is 3. The highest BCUT2D eigenvalue weighted by Crippen LogP contribution is 2.57. The summed E-state index contributed by atoms with van der Waals surface area (Å²) in [5, 5.41) is 9.00. The van der Waals surface area contributed by atoms with Crippen LogP contribution in [0.5, 0.6) is 0 Å². The Morgan fingerprint density at radius 2 is 0.694 bits per heavy atom. The molecule has 6 heterocycles. The second-order valence-electron chi connectivity index (χ2n) is 30.8. The smallest absolute Gasteiger partial charge is 0.407 e. The van der Waals surface area contributed by atoms with E-state index in [4.69, 9.17) is 28.4 Å². The zero-order valence-corrected chi connectivity index (χ0v) is 62.2. The van der Waals surface area contributed by atoms with E-state index in [1.54, 1.807) is 57.6 Å². The van der Waals surface area contributed by atoms with E-state index in [1.807, 2.05) is 93.6 Å². The summed E-state index contributed by atoms with van der Waals surface area (Å²) in [4.78, 5) is 87.7. The van der Waals surface area contributed by atoms with Crippen LogP contribution < -0.4 is 16.0 Å². The van der Waals surface area contributed by atoms with Crippen LogP contribution in [0.4, 0.5) is 27.6 Å².